The lowest BCUT2D eigenvalue weighted by Crippen LogP contribution is -2.49. The summed E-state index contributed by atoms with van der Waals surface area (Å²) in [5.74, 6) is -0.259. The standard InChI is InChI=1S/C27H29N3O3/c1-33-19-27(13-2-3-14-27)30-26(32)24-6-4-5-20(17-24)18-29-25(31)23-9-7-21(8-10-23)22-11-15-28-16-12-22/h4-12,15-17H,2-3,13-14,18-19H2,1H3,(H,29,31)(H,30,32). The maximum absolute atomic E-state index is 12.9. The molecule has 1 aliphatic rings. The van der Waals surface area contributed by atoms with E-state index in [1.807, 2.05) is 54.6 Å². The predicted octanol–water partition coefficient (Wildman–Crippen LogP) is 4.37. The first-order valence-corrected chi connectivity index (χ1v) is 11.3. The zero-order chi connectivity index (χ0) is 23.1. The highest BCUT2D eigenvalue weighted by atomic mass is 16.5. The summed E-state index contributed by atoms with van der Waals surface area (Å²) in [6, 6.07) is 18.7. The Kier molecular flexibility index (Phi) is 7.15. The lowest BCUT2D eigenvalue weighted by molar-refractivity contribution is 0.0767. The number of rotatable bonds is 8. The molecule has 6 nitrogen and oxygen atoms in total. The minimum absolute atomic E-state index is 0.103. The second-order valence-corrected chi connectivity index (χ2v) is 8.57. The van der Waals surface area contributed by atoms with Crippen LogP contribution < -0.4 is 10.6 Å². The molecule has 2 aromatic carbocycles. The molecule has 2 amide bonds. The summed E-state index contributed by atoms with van der Waals surface area (Å²) in [4.78, 5) is 29.5. The Labute approximate surface area is 194 Å². The first-order valence-electron chi connectivity index (χ1n) is 11.3. The van der Waals surface area contributed by atoms with Crippen LogP contribution in [-0.2, 0) is 11.3 Å². The van der Waals surface area contributed by atoms with E-state index >= 15 is 0 Å². The van der Waals surface area contributed by atoms with Crippen LogP contribution in [0.25, 0.3) is 11.1 Å². The molecule has 0 spiro atoms. The molecule has 1 aromatic heterocycles. The van der Waals surface area contributed by atoms with Gasteiger partial charge < -0.3 is 15.4 Å². The second-order valence-electron chi connectivity index (χ2n) is 8.57. The SMILES string of the molecule is COCC1(NC(=O)c2cccc(CNC(=O)c3ccc(-c4ccncc4)cc3)c2)CCCC1. The monoisotopic (exact) mass is 443 g/mol. The van der Waals surface area contributed by atoms with Crippen LogP contribution in [0.15, 0.2) is 73.1 Å². The van der Waals surface area contributed by atoms with Gasteiger partial charge in [0.2, 0.25) is 0 Å². The van der Waals surface area contributed by atoms with Crippen molar-refractivity contribution in [3.05, 3.63) is 89.7 Å². The van der Waals surface area contributed by atoms with Crippen molar-refractivity contribution in [1.29, 1.82) is 0 Å². The molecule has 33 heavy (non-hydrogen) atoms. The molecular formula is C27H29N3O3. The van der Waals surface area contributed by atoms with Crippen LogP contribution in [0, 0.1) is 0 Å². The summed E-state index contributed by atoms with van der Waals surface area (Å²) in [7, 11) is 1.67. The van der Waals surface area contributed by atoms with Crippen molar-refractivity contribution in [2.75, 3.05) is 13.7 Å². The fourth-order valence-electron chi connectivity index (χ4n) is 4.41. The molecule has 0 aliphatic heterocycles. The summed E-state index contributed by atoms with van der Waals surface area (Å²) in [5.41, 5.74) is 3.85. The Morgan fingerprint density at radius 1 is 0.909 bits per heavy atom. The van der Waals surface area contributed by atoms with Crippen molar-refractivity contribution >= 4 is 11.8 Å². The summed E-state index contributed by atoms with van der Waals surface area (Å²) >= 11 is 0. The molecular weight excluding hydrogens is 414 g/mol. The van der Waals surface area contributed by atoms with Crippen molar-refractivity contribution in [3.63, 3.8) is 0 Å². The maximum Gasteiger partial charge on any atom is 0.251 e. The average molecular weight is 444 g/mol. The average Bonchev–Trinajstić information content (AvgIpc) is 3.31. The van der Waals surface area contributed by atoms with E-state index in [0.717, 1.165) is 42.4 Å². The van der Waals surface area contributed by atoms with E-state index < -0.39 is 0 Å². The molecule has 1 saturated carbocycles. The Morgan fingerprint density at radius 2 is 1.61 bits per heavy atom. The first-order chi connectivity index (χ1) is 16.1. The molecule has 170 valence electrons. The third kappa shape index (κ3) is 5.65. The zero-order valence-corrected chi connectivity index (χ0v) is 18.8. The Bertz CT molecular complexity index is 1090. The van der Waals surface area contributed by atoms with E-state index in [1.54, 1.807) is 25.6 Å². The van der Waals surface area contributed by atoms with Crippen LogP contribution in [0.3, 0.4) is 0 Å². The number of aromatic nitrogens is 1. The number of ether oxygens (including phenoxy) is 1. The van der Waals surface area contributed by atoms with E-state index in [9.17, 15) is 9.59 Å². The van der Waals surface area contributed by atoms with Crippen LogP contribution in [0.2, 0.25) is 0 Å². The van der Waals surface area contributed by atoms with Crippen molar-refractivity contribution in [1.82, 2.24) is 15.6 Å². The molecule has 0 unspecified atom stereocenters. The van der Waals surface area contributed by atoms with Crippen LogP contribution >= 0.6 is 0 Å². The predicted molar refractivity (Wildman–Crippen MR) is 128 cm³/mol. The van der Waals surface area contributed by atoms with E-state index in [4.69, 9.17) is 4.74 Å². The first kappa shape index (κ1) is 22.7. The number of hydrogen-bond donors (Lipinski definition) is 2. The topological polar surface area (TPSA) is 80.3 Å². The maximum atomic E-state index is 12.9. The molecule has 0 saturated heterocycles. The number of nitrogens with one attached hydrogen (secondary N) is 2. The van der Waals surface area contributed by atoms with Crippen molar-refractivity contribution in [2.45, 2.75) is 37.8 Å². The fraction of sp³-hybridized carbons (Fsp3) is 0.296. The Hall–Kier alpha value is -3.51. The number of carbonyl (C=O) groups is 2. The van der Waals surface area contributed by atoms with Gasteiger partial charge in [-0.3, -0.25) is 14.6 Å². The molecule has 2 N–H and O–H groups in total. The summed E-state index contributed by atoms with van der Waals surface area (Å²) in [6.45, 7) is 0.865. The minimum atomic E-state index is -0.279. The van der Waals surface area contributed by atoms with Crippen LogP contribution in [0.5, 0.6) is 0 Å². The molecule has 0 atom stereocenters. The van der Waals surface area contributed by atoms with E-state index in [2.05, 4.69) is 15.6 Å². The van der Waals surface area contributed by atoms with Gasteiger partial charge in [0.05, 0.1) is 12.1 Å². The molecule has 4 rings (SSSR count). The fourth-order valence-corrected chi connectivity index (χ4v) is 4.41. The number of hydrogen-bond acceptors (Lipinski definition) is 4. The molecule has 1 heterocycles. The molecule has 6 heteroatoms. The van der Waals surface area contributed by atoms with Crippen LogP contribution in [-0.4, -0.2) is 36.1 Å². The number of methoxy groups -OCH3 is 1. The van der Waals surface area contributed by atoms with Gasteiger partial charge in [0.1, 0.15) is 0 Å². The molecule has 1 aliphatic carbocycles. The van der Waals surface area contributed by atoms with Crippen molar-refractivity contribution < 1.29 is 14.3 Å². The Balaban J connectivity index is 1.36. The lowest BCUT2D eigenvalue weighted by atomic mass is 9.98. The number of nitrogens with zero attached hydrogens (tertiary/aromatic N) is 1. The van der Waals surface area contributed by atoms with Gasteiger partial charge in [-0.15, -0.1) is 0 Å². The van der Waals surface area contributed by atoms with Crippen molar-refractivity contribution in [2.24, 2.45) is 0 Å². The summed E-state index contributed by atoms with van der Waals surface area (Å²) in [5, 5.41) is 6.13. The van der Waals surface area contributed by atoms with Gasteiger partial charge in [-0.05, 0) is 65.9 Å². The van der Waals surface area contributed by atoms with Crippen LogP contribution in [0.1, 0.15) is 52.0 Å². The third-order valence-corrected chi connectivity index (χ3v) is 6.16. The van der Waals surface area contributed by atoms with Gasteiger partial charge in [0.15, 0.2) is 0 Å². The van der Waals surface area contributed by atoms with Crippen LogP contribution in [0.4, 0.5) is 0 Å². The van der Waals surface area contributed by atoms with Gasteiger partial charge in [-0.25, -0.2) is 0 Å². The van der Waals surface area contributed by atoms with Crippen molar-refractivity contribution in [3.8, 4) is 11.1 Å². The number of benzene rings is 2. The highest BCUT2D eigenvalue weighted by molar-refractivity contribution is 5.95. The molecule has 0 radical (unpaired) electrons. The van der Waals surface area contributed by atoms with E-state index in [1.165, 1.54) is 0 Å². The third-order valence-electron chi connectivity index (χ3n) is 6.16. The largest absolute Gasteiger partial charge is 0.382 e. The van der Waals surface area contributed by atoms with Gasteiger partial charge in [0, 0.05) is 37.2 Å². The normalized spacial score (nSPS) is 14.6. The van der Waals surface area contributed by atoms with Gasteiger partial charge in [-0.1, -0.05) is 37.1 Å². The second kappa shape index (κ2) is 10.4. The quantitative estimate of drug-likeness (QED) is 0.542. The smallest absolute Gasteiger partial charge is 0.251 e. The minimum Gasteiger partial charge on any atom is -0.382 e. The summed E-state index contributed by atoms with van der Waals surface area (Å²) < 4.78 is 5.36. The molecule has 1 fully saturated rings. The molecule has 0 bridgehead atoms. The highest BCUT2D eigenvalue weighted by Crippen LogP contribution is 2.30. The number of carbonyl (C=O) groups excluding carboxylic acids is 2. The Morgan fingerprint density at radius 3 is 2.30 bits per heavy atom. The highest BCUT2D eigenvalue weighted by Gasteiger charge is 2.35. The van der Waals surface area contributed by atoms with E-state index in [0.29, 0.717) is 24.3 Å². The van der Waals surface area contributed by atoms with Gasteiger partial charge >= 0.3 is 0 Å². The summed E-state index contributed by atoms with van der Waals surface area (Å²) in [6.07, 6.45) is 7.55. The van der Waals surface area contributed by atoms with Gasteiger partial charge in [-0.2, -0.15) is 0 Å². The van der Waals surface area contributed by atoms with E-state index in [-0.39, 0.29) is 17.4 Å². The lowest BCUT2D eigenvalue weighted by Gasteiger charge is -2.29. The molecule has 3 aromatic rings. The zero-order valence-electron chi connectivity index (χ0n) is 18.8. The number of amides is 2. The van der Waals surface area contributed by atoms with Gasteiger partial charge in [0.25, 0.3) is 11.8 Å². The number of pyridine rings is 1.